The van der Waals surface area contributed by atoms with E-state index in [1.165, 1.54) is 12.1 Å². The van der Waals surface area contributed by atoms with E-state index < -0.39 is 11.7 Å². The number of anilines is 1. The van der Waals surface area contributed by atoms with Gasteiger partial charge in [-0.1, -0.05) is 13.0 Å². The normalized spacial score (nSPS) is 24.3. The molecule has 7 heteroatoms. The number of rotatable bonds is 4. The van der Waals surface area contributed by atoms with Crippen molar-refractivity contribution in [3.05, 3.63) is 29.8 Å². The lowest BCUT2D eigenvalue weighted by molar-refractivity contribution is -0.137. The van der Waals surface area contributed by atoms with Crippen molar-refractivity contribution in [2.75, 3.05) is 50.7 Å². The third kappa shape index (κ3) is 4.46. The van der Waals surface area contributed by atoms with E-state index in [1.54, 1.807) is 6.07 Å². The summed E-state index contributed by atoms with van der Waals surface area (Å²) in [5.74, 6) is 0. The van der Waals surface area contributed by atoms with Gasteiger partial charge in [0.25, 0.3) is 0 Å². The molecule has 0 radical (unpaired) electrons. The lowest BCUT2D eigenvalue weighted by Gasteiger charge is -2.44. The minimum absolute atomic E-state index is 0.270. The van der Waals surface area contributed by atoms with Gasteiger partial charge in [0.15, 0.2) is 0 Å². The number of hydrogen-bond donors (Lipinski definition) is 2. The molecule has 2 fully saturated rings. The minimum Gasteiger partial charge on any atom is -0.369 e. The van der Waals surface area contributed by atoms with Crippen LogP contribution in [-0.2, 0) is 6.18 Å². The molecule has 0 bridgehead atoms. The third-order valence-electron chi connectivity index (χ3n) is 5.25. The average Bonchev–Trinajstić information content (AvgIpc) is 2.63. The Morgan fingerprint density at radius 3 is 2.60 bits per heavy atom. The zero-order valence-corrected chi connectivity index (χ0v) is 14.6. The number of nitrogens with one attached hydrogen (secondary N) is 2. The number of alkyl halides is 3. The lowest BCUT2D eigenvalue weighted by Crippen LogP contribution is -2.62. The van der Waals surface area contributed by atoms with Crippen LogP contribution in [0.25, 0.3) is 0 Å². The second-order valence-corrected chi connectivity index (χ2v) is 6.82. The molecule has 4 nitrogen and oxygen atoms in total. The van der Waals surface area contributed by atoms with E-state index in [1.807, 2.05) is 0 Å². The summed E-state index contributed by atoms with van der Waals surface area (Å²) in [5.41, 5.74) is 0.0886. The molecule has 0 aliphatic carbocycles. The van der Waals surface area contributed by atoms with Crippen LogP contribution in [0.3, 0.4) is 0 Å². The van der Waals surface area contributed by atoms with Gasteiger partial charge in [-0.3, -0.25) is 4.90 Å². The molecule has 2 N–H and O–H groups in total. The number of halogens is 3. The number of piperazine rings is 2. The Balaban J connectivity index is 1.72. The first kappa shape index (κ1) is 18.5. The van der Waals surface area contributed by atoms with Crippen molar-refractivity contribution in [2.24, 2.45) is 0 Å². The first-order valence-electron chi connectivity index (χ1n) is 9.09. The Bertz CT molecular complexity index is 557. The van der Waals surface area contributed by atoms with Crippen molar-refractivity contribution in [1.82, 2.24) is 15.5 Å². The minimum atomic E-state index is -4.30. The SMILES string of the molecule is CCC(C1CN(c2cccc(C(F)(F)F)c2)CCN1)N1CCNCC1. The molecule has 2 atom stereocenters. The van der Waals surface area contributed by atoms with Crippen LogP contribution in [0.2, 0.25) is 0 Å². The van der Waals surface area contributed by atoms with E-state index in [4.69, 9.17) is 0 Å². The van der Waals surface area contributed by atoms with Crippen molar-refractivity contribution < 1.29 is 13.2 Å². The fourth-order valence-electron chi connectivity index (χ4n) is 3.96. The van der Waals surface area contributed by atoms with Gasteiger partial charge in [0.1, 0.15) is 0 Å². The van der Waals surface area contributed by atoms with Gasteiger partial charge in [-0.25, -0.2) is 0 Å². The third-order valence-corrected chi connectivity index (χ3v) is 5.25. The first-order chi connectivity index (χ1) is 12.0. The van der Waals surface area contributed by atoms with Crippen LogP contribution >= 0.6 is 0 Å². The fraction of sp³-hybridized carbons (Fsp3) is 0.667. The number of hydrogen-bond acceptors (Lipinski definition) is 4. The molecule has 140 valence electrons. The Morgan fingerprint density at radius 1 is 1.16 bits per heavy atom. The predicted molar refractivity (Wildman–Crippen MR) is 94.0 cm³/mol. The summed E-state index contributed by atoms with van der Waals surface area (Å²) in [7, 11) is 0. The molecule has 1 aromatic carbocycles. The van der Waals surface area contributed by atoms with E-state index in [0.717, 1.165) is 58.3 Å². The van der Waals surface area contributed by atoms with E-state index in [-0.39, 0.29) is 6.04 Å². The molecular weight excluding hydrogens is 329 g/mol. The van der Waals surface area contributed by atoms with Gasteiger partial charge < -0.3 is 15.5 Å². The second-order valence-electron chi connectivity index (χ2n) is 6.82. The molecule has 1 aromatic rings. The zero-order valence-electron chi connectivity index (χ0n) is 14.6. The smallest absolute Gasteiger partial charge is 0.369 e. The van der Waals surface area contributed by atoms with Crippen molar-refractivity contribution in [3.8, 4) is 0 Å². The van der Waals surface area contributed by atoms with E-state index in [2.05, 4.69) is 27.4 Å². The topological polar surface area (TPSA) is 30.5 Å². The maximum atomic E-state index is 13.0. The van der Waals surface area contributed by atoms with Gasteiger partial charge in [0, 0.05) is 63.6 Å². The fourth-order valence-corrected chi connectivity index (χ4v) is 3.96. The largest absolute Gasteiger partial charge is 0.416 e. The molecule has 0 aromatic heterocycles. The number of benzene rings is 1. The van der Waals surface area contributed by atoms with E-state index in [9.17, 15) is 13.2 Å². The van der Waals surface area contributed by atoms with Crippen LogP contribution in [0.15, 0.2) is 24.3 Å². The first-order valence-corrected chi connectivity index (χ1v) is 9.09. The van der Waals surface area contributed by atoms with Crippen LogP contribution in [0, 0.1) is 0 Å². The molecular formula is C18H27F3N4. The molecule has 25 heavy (non-hydrogen) atoms. The Hall–Kier alpha value is -1.31. The summed E-state index contributed by atoms with van der Waals surface area (Å²) in [4.78, 5) is 4.59. The Labute approximate surface area is 147 Å². The molecule has 2 saturated heterocycles. The van der Waals surface area contributed by atoms with Crippen LogP contribution < -0.4 is 15.5 Å². The zero-order chi connectivity index (χ0) is 17.9. The maximum Gasteiger partial charge on any atom is 0.416 e. The monoisotopic (exact) mass is 356 g/mol. The number of nitrogens with zero attached hydrogens (tertiary/aromatic N) is 2. The quantitative estimate of drug-likeness (QED) is 0.866. The summed E-state index contributed by atoms with van der Waals surface area (Å²) < 4.78 is 39.0. The molecule has 2 unspecified atom stereocenters. The molecule has 0 saturated carbocycles. The highest BCUT2D eigenvalue weighted by Gasteiger charge is 2.33. The summed E-state index contributed by atoms with van der Waals surface area (Å²) >= 11 is 0. The van der Waals surface area contributed by atoms with Crippen LogP contribution in [0.1, 0.15) is 18.9 Å². The molecule has 2 aliphatic rings. The molecule has 0 amide bonds. The summed E-state index contributed by atoms with van der Waals surface area (Å²) in [6, 6.07) is 6.38. The van der Waals surface area contributed by atoms with Crippen molar-refractivity contribution in [2.45, 2.75) is 31.6 Å². The highest BCUT2D eigenvalue weighted by Crippen LogP contribution is 2.32. The summed E-state index contributed by atoms with van der Waals surface area (Å²) in [6.07, 6.45) is -3.26. The molecule has 3 rings (SSSR count). The van der Waals surface area contributed by atoms with Crippen LogP contribution in [0.5, 0.6) is 0 Å². The standard InChI is InChI=1S/C18H27F3N4/c1-2-17(24-9-6-22-7-10-24)16-13-25(11-8-23-16)15-5-3-4-14(12-15)18(19,20)21/h3-5,12,16-17,22-23H,2,6-11,13H2,1H3. The Kier molecular flexibility index (Phi) is 5.86. The summed E-state index contributed by atoms with van der Waals surface area (Å²) in [5, 5.41) is 6.96. The van der Waals surface area contributed by atoms with E-state index in [0.29, 0.717) is 11.7 Å². The predicted octanol–water partition coefficient (Wildman–Crippen LogP) is 2.17. The lowest BCUT2D eigenvalue weighted by atomic mass is 9.99. The molecule has 2 heterocycles. The van der Waals surface area contributed by atoms with Gasteiger partial charge in [0.2, 0.25) is 0 Å². The average molecular weight is 356 g/mol. The van der Waals surface area contributed by atoms with Gasteiger partial charge in [0.05, 0.1) is 5.56 Å². The van der Waals surface area contributed by atoms with Gasteiger partial charge >= 0.3 is 6.18 Å². The van der Waals surface area contributed by atoms with Crippen LogP contribution in [0.4, 0.5) is 18.9 Å². The van der Waals surface area contributed by atoms with Gasteiger partial charge in [-0.05, 0) is 24.6 Å². The molecule has 2 aliphatic heterocycles. The van der Waals surface area contributed by atoms with Gasteiger partial charge in [-0.15, -0.1) is 0 Å². The highest BCUT2D eigenvalue weighted by atomic mass is 19.4. The summed E-state index contributed by atoms with van der Waals surface area (Å²) in [6.45, 7) is 8.52. The Morgan fingerprint density at radius 2 is 1.92 bits per heavy atom. The van der Waals surface area contributed by atoms with Crippen molar-refractivity contribution in [1.29, 1.82) is 0 Å². The second kappa shape index (κ2) is 7.93. The van der Waals surface area contributed by atoms with Gasteiger partial charge in [-0.2, -0.15) is 13.2 Å². The van der Waals surface area contributed by atoms with Crippen molar-refractivity contribution in [3.63, 3.8) is 0 Å². The van der Waals surface area contributed by atoms with E-state index >= 15 is 0 Å². The molecule has 0 spiro atoms. The van der Waals surface area contributed by atoms with Crippen LogP contribution in [-0.4, -0.2) is 62.8 Å². The van der Waals surface area contributed by atoms with Crippen molar-refractivity contribution >= 4 is 5.69 Å². The maximum absolute atomic E-state index is 13.0. The highest BCUT2D eigenvalue weighted by molar-refractivity contribution is 5.50.